The Balaban J connectivity index is 0.00000264. The van der Waals surface area contributed by atoms with Gasteiger partial charge in [0.2, 0.25) is 5.91 Å². The van der Waals surface area contributed by atoms with E-state index in [4.69, 9.17) is 10.5 Å². The third kappa shape index (κ3) is 5.03. The third-order valence-corrected chi connectivity index (χ3v) is 4.70. The minimum absolute atomic E-state index is 0. The van der Waals surface area contributed by atoms with Crippen molar-refractivity contribution in [1.82, 2.24) is 10.3 Å². The van der Waals surface area contributed by atoms with Crippen LogP contribution in [0.1, 0.15) is 23.5 Å². The Morgan fingerprint density at radius 1 is 1.43 bits per heavy atom. The molecule has 3 N–H and O–H groups in total. The van der Waals surface area contributed by atoms with Crippen LogP contribution in [0, 0.1) is 5.41 Å². The molecular formula is C13H19ClF3N3O2S. The fourth-order valence-corrected chi connectivity index (χ4v) is 3.12. The number of carbonyl (C=O) groups excluding carboxylic acids is 1. The van der Waals surface area contributed by atoms with Gasteiger partial charge in [0.25, 0.3) is 0 Å². The van der Waals surface area contributed by atoms with Gasteiger partial charge < -0.3 is 15.8 Å². The molecule has 2 heterocycles. The highest BCUT2D eigenvalue weighted by Gasteiger charge is 2.38. The quantitative estimate of drug-likeness (QED) is 0.827. The van der Waals surface area contributed by atoms with Gasteiger partial charge in [-0.2, -0.15) is 13.2 Å². The Labute approximate surface area is 142 Å². The number of aromatic nitrogens is 1. The number of halogens is 4. The van der Waals surface area contributed by atoms with Gasteiger partial charge in [-0.05, 0) is 12.8 Å². The van der Waals surface area contributed by atoms with Gasteiger partial charge in [-0.15, -0.1) is 23.7 Å². The lowest BCUT2D eigenvalue weighted by atomic mass is 9.79. The molecule has 0 spiro atoms. The van der Waals surface area contributed by atoms with Gasteiger partial charge >= 0.3 is 6.18 Å². The highest BCUT2D eigenvalue weighted by molar-refractivity contribution is 7.09. The lowest BCUT2D eigenvalue weighted by Crippen LogP contribution is -2.49. The van der Waals surface area contributed by atoms with E-state index in [2.05, 4.69) is 10.3 Å². The number of nitrogens with one attached hydrogen (secondary N) is 1. The summed E-state index contributed by atoms with van der Waals surface area (Å²) in [5.41, 5.74) is 4.21. The van der Waals surface area contributed by atoms with Gasteiger partial charge in [0.1, 0.15) is 0 Å². The van der Waals surface area contributed by atoms with E-state index in [1.54, 1.807) is 0 Å². The molecule has 23 heavy (non-hydrogen) atoms. The van der Waals surface area contributed by atoms with Gasteiger partial charge in [0.05, 0.1) is 10.4 Å². The molecule has 0 aromatic carbocycles. The van der Waals surface area contributed by atoms with Crippen LogP contribution in [-0.4, -0.2) is 37.2 Å². The number of alkyl halides is 3. The van der Waals surface area contributed by atoms with Crippen molar-refractivity contribution in [3.05, 3.63) is 16.1 Å². The van der Waals surface area contributed by atoms with Crippen molar-refractivity contribution in [2.75, 3.05) is 26.3 Å². The molecule has 2 rings (SSSR count). The maximum absolute atomic E-state index is 12.4. The first-order valence-electron chi connectivity index (χ1n) is 6.95. The zero-order valence-electron chi connectivity index (χ0n) is 12.3. The van der Waals surface area contributed by atoms with E-state index in [-0.39, 0.29) is 37.8 Å². The van der Waals surface area contributed by atoms with Gasteiger partial charge in [-0.1, -0.05) is 0 Å². The van der Waals surface area contributed by atoms with Crippen LogP contribution in [0.5, 0.6) is 0 Å². The van der Waals surface area contributed by atoms with E-state index in [0.717, 1.165) is 16.7 Å². The van der Waals surface area contributed by atoms with Gasteiger partial charge in [-0.25, -0.2) is 4.98 Å². The molecule has 1 aliphatic heterocycles. The van der Waals surface area contributed by atoms with Crippen LogP contribution >= 0.6 is 23.7 Å². The Morgan fingerprint density at radius 3 is 2.61 bits per heavy atom. The Bertz CT molecular complexity index is 519. The third-order valence-electron chi connectivity index (χ3n) is 3.79. The first-order chi connectivity index (χ1) is 10.4. The summed E-state index contributed by atoms with van der Waals surface area (Å²) in [5.74, 6) is -0.161. The van der Waals surface area contributed by atoms with E-state index in [0.29, 0.717) is 31.1 Å². The van der Waals surface area contributed by atoms with Crippen LogP contribution in [-0.2, 0) is 22.1 Å². The summed E-state index contributed by atoms with van der Waals surface area (Å²) >= 11 is 0.941. The SMILES string of the molecule is Cl.NCC1(C(=O)NCCc2nc(C(F)(F)F)cs2)CCOCC1. The maximum atomic E-state index is 12.4. The van der Waals surface area contributed by atoms with Crippen molar-refractivity contribution >= 4 is 29.7 Å². The average molecular weight is 374 g/mol. The van der Waals surface area contributed by atoms with Crippen LogP contribution in [0.25, 0.3) is 0 Å². The van der Waals surface area contributed by atoms with Crippen molar-refractivity contribution in [2.24, 2.45) is 11.1 Å². The van der Waals surface area contributed by atoms with E-state index < -0.39 is 17.3 Å². The summed E-state index contributed by atoms with van der Waals surface area (Å²) in [6.45, 7) is 1.46. The van der Waals surface area contributed by atoms with E-state index in [1.165, 1.54) is 0 Å². The lowest BCUT2D eigenvalue weighted by molar-refractivity contribution is -0.141. The number of hydrogen-bond donors (Lipinski definition) is 2. The van der Waals surface area contributed by atoms with Crippen LogP contribution in [0.2, 0.25) is 0 Å². The standard InChI is InChI=1S/C13H18F3N3O2S.ClH/c14-13(15,16)9-7-22-10(19-9)1-4-18-11(20)12(8-17)2-5-21-6-3-12;/h7H,1-6,8,17H2,(H,18,20);1H. The molecule has 1 aromatic heterocycles. The molecule has 132 valence electrons. The number of rotatable bonds is 5. The highest BCUT2D eigenvalue weighted by Crippen LogP contribution is 2.31. The molecular weight excluding hydrogens is 355 g/mol. The number of amides is 1. The second-order valence-electron chi connectivity index (χ2n) is 5.23. The molecule has 0 atom stereocenters. The molecule has 1 amide bonds. The van der Waals surface area contributed by atoms with Gasteiger partial charge in [-0.3, -0.25) is 4.79 Å². The molecule has 1 aromatic rings. The molecule has 0 saturated carbocycles. The van der Waals surface area contributed by atoms with Crippen LogP contribution in [0.15, 0.2) is 5.38 Å². The van der Waals surface area contributed by atoms with Crippen molar-refractivity contribution in [2.45, 2.75) is 25.4 Å². The van der Waals surface area contributed by atoms with Crippen LogP contribution in [0.3, 0.4) is 0 Å². The fourth-order valence-electron chi connectivity index (χ4n) is 2.31. The average Bonchev–Trinajstić information content (AvgIpc) is 2.97. The predicted octanol–water partition coefficient (Wildman–Crippen LogP) is 2.00. The fraction of sp³-hybridized carbons (Fsp3) is 0.692. The first-order valence-corrected chi connectivity index (χ1v) is 7.83. The topological polar surface area (TPSA) is 77.2 Å². The summed E-state index contributed by atoms with van der Waals surface area (Å²) in [6.07, 6.45) is -3.04. The molecule has 0 bridgehead atoms. The molecule has 1 fully saturated rings. The Hall–Kier alpha value is -0.900. The normalized spacial score (nSPS) is 17.4. The molecule has 5 nitrogen and oxygen atoms in total. The number of thiazole rings is 1. The van der Waals surface area contributed by atoms with Crippen molar-refractivity contribution < 1.29 is 22.7 Å². The molecule has 0 aliphatic carbocycles. The largest absolute Gasteiger partial charge is 0.434 e. The minimum atomic E-state index is -4.43. The maximum Gasteiger partial charge on any atom is 0.434 e. The number of ether oxygens (including phenoxy) is 1. The van der Waals surface area contributed by atoms with E-state index >= 15 is 0 Å². The smallest absolute Gasteiger partial charge is 0.381 e. The molecule has 10 heteroatoms. The number of nitrogens with zero attached hydrogens (tertiary/aromatic N) is 1. The summed E-state index contributed by atoms with van der Waals surface area (Å²) in [4.78, 5) is 15.8. The van der Waals surface area contributed by atoms with Crippen molar-refractivity contribution in [1.29, 1.82) is 0 Å². The van der Waals surface area contributed by atoms with Crippen molar-refractivity contribution in [3.63, 3.8) is 0 Å². The van der Waals surface area contributed by atoms with Gasteiger partial charge in [0.15, 0.2) is 5.69 Å². The molecule has 0 unspecified atom stereocenters. The zero-order chi connectivity index (χ0) is 16.2. The number of hydrogen-bond acceptors (Lipinski definition) is 5. The Morgan fingerprint density at radius 2 is 2.09 bits per heavy atom. The number of nitrogens with two attached hydrogens (primary N) is 1. The summed E-state index contributed by atoms with van der Waals surface area (Å²) in [7, 11) is 0. The monoisotopic (exact) mass is 373 g/mol. The van der Waals surface area contributed by atoms with E-state index in [9.17, 15) is 18.0 Å². The van der Waals surface area contributed by atoms with Crippen molar-refractivity contribution in [3.8, 4) is 0 Å². The minimum Gasteiger partial charge on any atom is -0.381 e. The highest BCUT2D eigenvalue weighted by atomic mass is 35.5. The van der Waals surface area contributed by atoms with Crippen LogP contribution < -0.4 is 11.1 Å². The summed E-state index contributed by atoms with van der Waals surface area (Å²) in [5, 5.41) is 4.08. The first kappa shape index (κ1) is 20.1. The molecule has 1 aliphatic rings. The lowest BCUT2D eigenvalue weighted by Gasteiger charge is -2.34. The Kier molecular flexibility index (Phi) is 7.25. The summed E-state index contributed by atoms with van der Waals surface area (Å²) in [6, 6.07) is 0. The predicted molar refractivity (Wildman–Crippen MR) is 82.6 cm³/mol. The molecule has 1 saturated heterocycles. The van der Waals surface area contributed by atoms with Gasteiger partial charge in [0, 0.05) is 38.1 Å². The zero-order valence-corrected chi connectivity index (χ0v) is 14.0. The van der Waals surface area contributed by atoms with Crippen LogP contribution in [0.4, 0.5) is 13.2 Å². The summed E-state index contributed by atoms with van der Waals surface area (Å²) < 4.78 is 42.6. The number of carbonyl (C=O) groups is 1. The van der Waals surface area contributed by atoms with E-state index in [1.807, 2.05) is 0 Å². The second-order valence-corrected chi connectivity index (χ2v) is 6.17. The molecule has 0 radical (unpaired) electrons. The second kappa shape index (κ2) is 8.27.